The number of nitrogens with two attached hydrogens (primary N) is 2. The van der Waals surface area contributed by atoms with Gasteiger partial charge in [0.1, 0.15) is 0 Å². The van der Waals surface area contributed by atoms with Gasteiger partial charge in [-0.1, -0.05) is 6.92 Å². The first-order valence-corrected chi connectivity index (χ1v) is 7.17. The zero-order valence-electron chi connectivity index (χ0n) is 12.3. The molecule has 5 nitrogen and oxygen atoms in total. The molecule has 2 rings (SSSR count). The Balaban J connectivity index is 2.05. The first kappa shape index (κ1) is 14.7. The molecule has 1 heterocycles. The Hall–Kier alpha value is -1.75. The molecule has 0 bridgehead atoms. The molecule has 5 heteroatoms. The van der Waals surface area contributed by atoms with E-state index in [4.69, 9.17) is 11.5 Å². The fourth-order valence-electron chi connectivity index (χ4n) is 2.75. The number of hydrogen-bond donors (Lipinski definition) is 2. The number of likely N-dealkylation sites (tertiary alicyclic amines) is 1. The van der Waals surface area contributed by atoms with Gasteiger partial charge in [-0.2, -0.15) is 0 Å². The first-order chi connectivity index (χ1) is 9.52. The molecule has 0 atom stereocenters. The summed E-state index contributed by atoms with van der Waals surface area (Å²) in [6.45, 7) is 5.35. The van der Waals surface area contributed by atoms with Crippen LogP contribution in [0.4, 0.5) is 11.4 Å². The number of piperidine rings is 1. The van der Waals surface area contributed by atoms with Gasteiger partial charge < -0.3 is 21.3 Å². The topological polar surface area (TPSA) is 75.6 Å². The summed E-state index contributed by atoms with van der Waals surface area (Å²) in [5.74, 6) is -0.0163. The second kappa shape index (κ2) is 6.13. The molecule has 0 unspecified atom stereocenters. The standard InChI is InChI=1S/C15H24N4O/c1-3-19-8-6-12(7-9-19)18(2)15(20)13-5-4-11(16)10-14(13)17/h4-5,10,12H,3,6-9,16-17H2,1-2H3. The van der Waals surface area contributed by atoms with Crippen molar-refractivity contribution < 1.29 is 4.79 Å². The molecule has 1 aliphatic heterocycles. The van der Waals surface area contributed by atoms with Crippen molar-refractivity contribution in [1.82, 2.24) is 9.80 Å². The fourth-order valence-corrected chi connectivity index (χ4v) is 2.75. The second-order valence-corrected chi connectivity index (χ2v) is 5.43. The number of nitrogens with zero attached hydrogens (tertiary/aromatic N) is 2. The molecule has 1 aromatic rings. The Morgan fingerprint density at radius 3 is 2.55 bits per heavy atom. The lowest BCUT2D eigenvalue weighted by Gasteiger charge is -2.36. The van der Waals surface area contributed by atoms with Crippen LogP contribution in [0.5, 0.6) is 0 Å². The number of rotatable bonds is 3. The minimum absolute atomic E-state index is 0.0163. The molecule has 1 saturated heterocycles. The molecule has 0 aromatic heterocycles. The molecule has 20 heavy (non-hydrogen) atoms. The van der Waals surface area contributed by atoms with Gasteiger partial charge in [-0.05, 0) is 37.6 Å². The smallest absolute Gasteiger partial charge is 0.255 e. The summed E-state index contributed by atoms with van der Waals surface area (Å²) < 4.78 is 0. The highest BCUT2D eigenvalue weighted by Gasteiger charge is 2.26. The van der Waals surface area contributed by atoms with E-state index in [1.54, 1.807) is 18.2 Å². The van der Waals surface area contributed by atoms with Crippen LogP contribution in [-0.4, -0.2) is 48.4 Å². The van der Waals surface area contributed by atoms with Gasteiger partial charge in [-0.15, -0.1) is 0 Å². The van der Waals surface area contributed by atoms with Crippen LogP contribution in [0.3, 0.4) is 0 Å². The van der Waals surface area contributed by atoms with Crippen LogP contribution in [0.15, 0.2) is 18.2 Å². The molecule has 0 spiro atoms. The summed E-state index contributed by atoms with van der Waals surface area (Å²) in [4.78, 5) is 16.8. The molecule has 1 fully saturated rings. The van der Waals surface area contributed by atoms with E-state index in [0.29, 0.717) is 23.0 Å². The van der Waals surface area contributed by atoms with Crippen molar-refractivity contribution in [3.8, 4) is 0 Å². The summed E-state index contributed by atoms with van der Waals surface area (Å²) in [5, 5.41) is 0. The summed E-state index contributed by atoms with van der Waals surface area (Å²) in [7, 11) is 1.87. The molecular formula is C15H24N4O. The van der Waals surface area contributed by atoms with Crippen molar-refractivity contribution in [2.75, 3.05) is 38.1 Å². The van der Waals surface area contributed by atoms with Gasteiger partial charge >= 0.3 is 0 Å². The van der Waals surface area contributed by atoms with Crippen LogP contribution >= 0.6 is 0 Å². The van der Waals surface area contributed by atoms with Crippen molar-refractivity contribution in [3.05, 3.63) is 23.8 Å². The molecule has 1 aliphatic rings. The molecular weight excluding hydrogens is 252 g/mol. The average Bonchev–Trinajstić information content (AvgIpc) is 2.46. The fraction of sp³-hybridized carbons (Fsp3) is 0.533. The normalized spacial score (nSPS) is 17.1. The number of hydrogen-bond acceptors (Lipinski definition) is 4. The predicted molar refractivity (Wildman–Crippen MR) is 82.5 cm³/mol. The number of anilines is 2. The van der Waals surface area contributed by atoms with Crippen molar-refractivity contribution in [3.63, 3.8) is 0 Å². The highest BCUT2D eigenvalue weighted by molar-refractivity contribution is 5.99. The van der Waals surface area contributed by atoms with E-state index in [0.717, 1.165) is 32.5 Å². The Kier molecular flexibility index (Phi) is 4.49. The van der Waals surface area contributed by atoms with E-state index < -0.39 is 0 Å². The molecule has 4 N–H and O–H groups in total. The van der Waals surface area contributed by atoms with Gasteiger partial charge in [0.15, 0.2) is 0 Å². The van der Waals surface area contributed by atoms with Gasteiger partial charge in [0.05, 0.1) is 5.56 Å². The third-order valence-electron chi connectivity index (χ3n) is 4.18. The molecule has 110 valence electrons. The predicted octanol–water partition coefficient (Wildman–Crippen LogP) is 1.41. The molecule has 0 saturated carbocycles. The van der Waals surface area contributed by atoms with Gasteiger partial charge in [0.2, 0.25) is 0 Å². The van der Waals surface area contributed by atoms with Gasteiger partial charge in [0.25, 0.3) is 5.91 Å². The number of nitrogen functional groups attached to an aromatic ring is 2. The molecule has 1 aromatic carbocycles. The summed E-state index contributed by atoms with van der Waals surface area (Å²) in [6, 6.07) is 5.37. The summed E-state index contributed by atoms with van der Waals surface area (Å²) in [5.41, 5.74) is 13.1. The Morgan fingerprint density at radius 1 is 1.35 bits per heavy atom. The van der Waals surface area contributed by atoms with E-state index in [1.807, 2.05) is 11.9 Å². The third kappa shape index (κ3) is 3.04. The van der Waals surface area contributed by atoms with E-state index >= 15 is 0 Å². The van der Waals surface area contributed by atoms with Crippen molar-refractivity contribution in [1.29, 1.82) is 0 Å². The number of carbonyl (C=O) groups is 1. The highest BCUT2D eigenvalue weighted by Crippen LogP contribution is 2.21. The van der Waals surface area contributed by atoms with Crippen LogP contribution in [0.2, 0.25) is 0 Å². The average molecular weight is 276 g/mol. The maximum absolute atomic E-state index is 12.5. The van der Waals surface area contributed by atoms with E-state index in [9.17, 15) is 4.79 Å². The van der Waals surface area contributed by atoms with Crippen LogP contribution in [0, 0.1) is 0 Å². The molecule has 1 amide bonds. The summed E-state index contributed by atoms with van der Waals surface area (Å²) >= 11 is 0. The lowest BCUT2D eigenvalue weighted by atomic mass is 10.0. The number of benzene rings is 1. The first-order valence-electron chi connectivity index (χ1n) is 7.17. The van der Waals surface area contributed by atoms with E-state index in [1.165, 1.54) is 0 Å². The molecule has 0 radical (unpaired) electrons. The van der Waals surface area contributed by atoms with Gasteiger partial charge in [-0.25, -0.2) is 0 Å². The van der Waals surface area contributed by atoms with Crippen molar-refractivity contribution in [2.45, 2.75) is 25.8 Å². The minimum Gasteiger partial charge on any atom is -0.399 e. The van der Waals surface area contributed by atoms with Crippen LogP contribution in [0.25, 0.3) is 0 Å². The number of carbonyl (C=O) groups excluding carboxylic acids is 1. The van der Waals surface area contributed by atoms with E-state index in [2.05, 4.69) is 11.8 Å². The van der Waals surface area contributed by atoms with Crippen LogP contribution in [-0.2, 0) is 0 Å². The van der Waals surface area contributed by atoms with Gasteiger partial charge in [0, 0.05) is 37.6 Å². The maximum atomic E-state index is 12.5. The zero-order chi connectivity index (χ0) is 14.7. The third-order valence-corrected chi connectivity index (χ3v) is 4.18. The second-order valence-electron chi connectivity index (χ2n) is 5.43. The highest BCUT2D eigenvalue weighted by atomic mass is 16.2. The Morgan fingerprint density at radius 2 is 2.00 bits per heavy atom. The van der Waals surface area contributed by atoms with Crippen LogP contribution < -0.4 is 11.5 Å². The number of amides is 1. The van der Waals surface area contributed by atoms with Crippen molar-refractivity contribution in [2.24, 2.45) is 0 Å². The van der Waals surface area contributed by atoms with Gasteiger partial charge in [-0.3, -0.25) is 4.79 Å². The summed E-state index contributed by atoms with van der Waals surface area (Å²) in [6.07, 6.45) is 2.04. The lowest BCUT2D eigenvalue weighted by molar-refractivity contribution is 0.0648. The quantitative estimate of drug-likeness (QED) is 0.818. The lowest BCUT2D eigenvalue weighted by Crippen LogP contribution is -2.45. The van der Waals surface area contributed by atoms with Crippen molar-refractivity contribution >= 4 is 17.3 Å². The zero-order valence-corrected chi connectivity index (χ0v) is 12.3. The Labute approximate surface area is 120 Å². The monoisotopic (exact) mass is 276 g/mol. The van der Waals surface area contributed by atoms with Crippen LogP contribution in [0.1, 0.15) is 30.1 Å². The van der Waals surface area contributed by atoms with E-state index in [-0.39, 0.29) is 5.91 Å². The maximum Gasteiger partial charge on any atom is 0.255 e. The minimum atomic E-state index is -0.0163. The largest absolute Gasteiger partial charge is 0.399 e. The molecule has 0 aliphatic carbocycles. The SMILES string of the molecule is CCN1CCC(N(C)C(=O)c2ccc(N)cc2N)CC1. The Bertz CT molecular complexity index is 481.